The highest BCUT2D eigenvalue weighted by Crippen LogP contribution is 2.35. The Bertz CT molecular complexity index is 1350. The van der Waals surface area contributed by atoms with Gasteiger partial charge in [0.1, 0.15) is 5.75 Å². The van der Waals surface area contributed by atoms with E-state index in [2.05, 4.69) is 10.6 Å². The van der Waals surface area contributed by atoms with Crippen LogP contribution in [0.1, 0.15) is 23.6 Å². The second-order valence-electron chi connectivity index (χ2n) is 7.98. The summed E-state index contributed by atoms with van der Waals surface area (Å²) in [5.74, 6) is 0.284. The molecule has 2 amide bonds. The van der Waals surface area contributed by atoms with Crippen molar-refractivity contribution in [3.8, 4) is 11.5 Å². The average molecular weight is 508 g/mol. The molecule has 0 aliphatic carbocycles. The van der Waals surface area contributed by atoms with Gasteiger partial charge in [-0.05, 0) is 60.0 Å². The molecule has 2 N–H and O–H groups in total. The molecule has 0 saturated heterocycles. The van der Waals surface area contributed by atoms with E-state index < -0.39 is 17.6 Å². The molecule has 0 aromatic heterocycles. The van der Waals surface area contributed by atoms with Crippen LogP contribution >= 0.6 is 0 Å². The Morgan fingerprint density at radius 3 is 2.38 bits per heavy atom. The minimum atomic E-state index is -4.44. The van der Waals surface area contributed by atoms with E-state index in [1.807, 2.05) is 6.92 Å². The van der Waals surface area contributed by atoms with Crippen molar-refractivity contribution in [2.45, 2.75) is 13.1 Å². The number of fused-ring (bicyclic) bond motifs is 1. The lowest BCUT2D eigenvalue weighted by atomic mass is 9.96. The predicted molar refractivity (Wildman–Crippen MR) is 134 cm³/mol. The zero-order valence-corrected chi connectivity index (χ0v) is 19.8. The van der Waals surface area contributed by atoms with Crippen molar-refractivity contribution in [1.29, 1.82) is 0 Å². The molecular formula is C28H23F3N2O4. The molecule has 3 aromatic carbocycles. The summed E-state index contributed by atoms with van der Waals surface area (Å²) >= 11 is 0. The van der Waals surface area contributed by atoms with E-state index in [0.29, 0.717) is 40.6 Å². The summed E-state index contributed by atoms with van der Waals surface area (Å²) in [4.78, 5) is 24.1. The van der Waals surface area contributed by atoms with Crippen LogP contribution in [0, 0.1) is 0 Å². The number of hydrogen-bond donors (Lipinski definition) is 2. The van der Waals surface area contributed by atoms with Crippen LogP contribution in [0.3, 0.4) is 0 Å². The highest BCUT2D eigenvalue weighted by Gasteiger charge is 2.30. The van der Waals surface area contributed by atoms with E-state index in [0.717, 1.165) is 17.7 Å². The zero-order chi connectivity index (χ0) is 26.4. The first kappa shape index (κ1) is 25.6. The monoisotopic (exact) mass is 508 g/mol. The normalized spacial score (nSPS) is 13.5. The van der Waals surface area contributed by atoms with Crippen LogP contribution in [-0.4, -0.2) is 25.0 Å². The first-order valence-electron chi connectivity index (χ1n) is 11.4. The number of halogens is 3. The summed E-state index contributed by atoms with van der Waals surface area (Å²) in [7, 11) is 0. The second kappa shape index (κ2) is 11.0. The first-order valence-corrected chi connectivity index (χ1v) is 11.4. The molecule has 4 rings (SSSR count). The van der Waals surface area contributed by atoms with Gasteiger partial charge in [0.15, 0.2) is 12.4 Å². The fourth-order valence-corrected chi connectivity index (χ4v) is 3.71. The van der Waals surface area contributed by atoms with Crippen molar-refractivity contribution in [1.82, 2.24) is 0 Å². The van der Waals surface area contributed by atoms with Gasteiger partial charge < -0.3 is 20.1 Å². The molecule has 1 heterocycles. The summed E-state index contributed by atoms with van der Waals surface area (Å²) in [5, 5.41) is 5.38. The standard InChI is InChI=1S/C28H23F3N2O4/c1-2-36-21-15-11-19(12-16-21)22(18-9-13-20(14-10-18)28(29,30)31)5-3-8-25(34)32-23-6-4-7-24-27(23)37-17-26(35)33-24/h3-16H,2,17H2,1H3,(H,32,34)(H,33,35)/b8-3+,22-5-. The lowest BCUT2D eigenvalue weighted by molar-refractivity contribution is -0.137. The van der Waals surface area contributed by atoms with E-state index >= 15 is 0 Å². The number of rotatable bonds is 7. The summed E-state index contributed by atoms with van der Waals surface area (Å²) in [6, 6.07) is 16.9. The Morgan fingerprint density at radius 1 is 1.05 bits per heavy atom. The SMILES string of the molecule is CCOc1ccc(/C(=C\C=C\C(=O)Nc2cccc3c2OCC(=O)N3)c2ccc(C(F)(F)F)cc2)cc1. The zero-order valence-electron chi connectivity index (χ0n) is 19.8. The molecule has 3 aromatic rings. The van der Waals surface area contributed by atoms with Crippen LogP contribution in [-0.2, 0) is 15.8 Å². The number of alkyl halides is 3. The summed E-state index contributed by atoms with van der Waals surface area (Å²) < 4.78 is 50.0. The molecule has 0 atom stereocenters. The van der Waals surface area contributed by atoms with Crippen molar-refractivity contribution in [3.63, 3.8) is 0 Å². The fraction of sp³-hybridized carbons (Fsp3) is 0.143. The maximum absolute atomic E-state index is 13.0. The molecular weight excluding hydrogens is 485 g/mol. The van der Waals surface area contributed by atoms with E-state index in [1.165, 1.54) is 24.3 Å². The van der Waals surface area contributed by atoms with Gasteiger partial charge >= 0.3 is 6.18 Å². The van der Waals surface area contributed by atoms with Crippen LogP contribution < -0.4 is 20.1 Å². The number of benzene rings is 3. The quantitative estimate of drug-likeness (QED) is 0.300. The van der Waals surface area contributed by atoms with Crippen LogP contribution in [0.5, 0.6) is 11.5 Å². The largest absolute Gasteiger partial charge is 0.494 e. The molecule has 1 aliphatic heterocycles. The van der Waals surface area contributed by atoms with E-state index in [9.17, 15) is 22.8 Å². The van der Waals surface area contributed by atoms with Crippen molar-refractivity contribution in [2.24, 2.45) is 0 Å². The molecule has 0 fully saturated rings. The number of carbonyl (C=O) groups is 2. The van der Waals surface area contributed by atoms with Crippen LogP contribution in [0.4, 0.5) is 24.5 Å². The molecule has 9 heteroatoms. The van der Waals surface area contributed by atoms with Gasteiger partial charge in [-0.1, -0.05) is 42.5 Å². The topological polar surface area (TPSA) is 76.7 Å². The molecule has 1 aliphatic rings. The number of allylic oxidation sites excluding steroid dienone is 2. The Hall–Kier alpha value is -4.53. The number of para-hydroxylation sites is 1. The van der Waals surface area contributed by atoms with Gasteiger partial charge in [0.25, 0.3) is 5.91 Å². The lowest BCUT2D eigenvalue weighted by Crippen LogP contribution is -2.26. The minimum Gasteiger partial charge on any atom is -0.494 e. The Balaban J connectivity index is 1.58. The predicted octanol–water partition coefficient (Wildman–Crippen LogP) is 6.06. The molecule has 0 radical (unpaired) electrons. The fourth-order valence-electron chi connectivity index (χ4n) is 3.71. The Kier molecular flexibility index (Phi) is 7.62. The molecule has 6 nitrogen and oxygen atoms in total. The maximum atomic E-state index is 13.0. The third-order valence-corrected chi connectivity index (χ3v) is 5.40. The summed E-state index contributed by atoms with van der Waals surface area (Å²) in [6.45, 7) is 2.21. The second-order valence-corrected chi connectivity index (χ2v) is 7.98. The number of anilines is 2. The highest BCUT2D eigenvalue weighted by atomic mass is 19.4. The van der Waals surface area contributed by atoms with Gasteiger partial charge in [-0.25, -0.2) is 0 Å². The van der Waals surface area contributed by atoms with Crippen molar-refractivity contribution < 1.29 is 32.2 Å². The van der Waals surface area contributed by atoms with E-state index in [4.69, 9.17) is 9.47 Å². The third kappa shape index (κ3) is 6.38. The maximum Gasteiger partial charge on any atom is 0.416 e. The van der Waals surface area contributed by atoms with Crippen LogP contribution in [0.2, 0.25) is 0 Å². The van der Waals surface area contributed by atoms with Crippen molar-refractivity contribution in [3.05, 3.63) is 102 Å². The molecule has 190 valence electrons. The van der Waals surface area contributed by atoms with Gasteiger partial charge in [0.05, 0.1) is 23.5 Å². The van der Waals surface area contributed by atoms with Crippen LogP contribution in [0.15, 0.2) is 85.0 Å². The highest BCUT2D eigenvalue weighted by molar-refractivity contribution is 6.03. The number of hydrogen-bond acceptors (Lipinski definition) is 4. The van der Waals surface area contributed by atoms with Crippen molar-refractivity contribution in [2.75, 3.05) is 23.8 Å². The number of ether oxygens (including phenoxy) is 2. The smallest absolute Gasteiger partial charge is 0.416 e. The molecule has 0 bridgehead atoms. The van der Waals surface area contributed by atoms with Gasteiger partial charge in [-0.15, -0.1) is 0 Å². The van der Waals surface area contributed by atoms with Gasteiger partial charge in [-0.2, -0.15) is 13.2 Å². The van der Waals surface area contributed by atoms with Crippen molar-refractivity contribution >= 4 is 28.8 Å². The lowest BCUT2D eigenvalue weighted by Gasteiger charge is -2.20. The first-order chi connectivity index (χ1) is 17.7. The minimum absolute atomic E-state index is 0.156. The number of carbonyl (C=O) groups excluding carboxylic acids is 2. The van der Waals surface area contributed by atoms with Gasteiger partial charge in [-0.3, -0.25) is 9.59 Å². The molecule has 37 heavy (non-hydrogen) atoms. The summed E-state index contributed by atoms with van der Waals surface area (Å²) in [5.41, 5.74) is 1.99. The number of amides is 2. The molecule has 0 unspecified atom stereocenters. The van der Waals surface area contributed by atoms with Crippen LogP contribution in [0.25, 0.3) is 5.57 Å². The molecule has 0 saturated carbocycles. The Morgan fingerprint density at radius 2 is 1.73 bits per heavy atom. The van der Waals surface area contributed by atoms with Gasteiger partial charge in [0.2, 0.25) is 5.91 Å². The van der Waals surface area contributed by atoms with Gasteiger partial charge in [0, 0.05) is 6.08 Å². The number of nitrogens with one attached hydrogen (secondary N) is 2. The van der Waals surface area contributed by atoms with E-state index in [1.54, 1.807) is 48.5 Å². The molecule has 0 spiro atoms. The third-order valence-electron chi connectivity index (χ3n) is 5.40. The Labute approximate surface area is 211 Å². The van der Waals surface area contributed by atoms with E-state index in [-0.39, 0.29) is 12.5 Å². The summed E-state index contributed by atoms with van der Waals surface area (Å²) in [6.07, 6.45) is 0.00793. The average Bonchev–Trinajstić information content (AvgIpc) is 2.87.